The van der Waals surface area contributed by atoms with Gasteiger partial charge in [0.15, 0.2) is 0 Å². The van der Waals surface area contributed by atoms with Crippen LogP contribution in [-0.2, 0) is 6.18 Å². The lowest BCUT2D eigenvalue weighted by Gasteiger charge is -2.15. The van der Waals surface area contributed by atoms with Gasteiger partial charge in [-0.05, 0) is 31.0 Å². The summed E-state index contributed by atoms with van der Waals surface area (Å²) in [5.41, 5.74) is 5.29. The van der Waals surface area contributed by atoms with Crippen molar-refractivity contribution in [2.45, 2.75) is 25.1 Å². The van der Waals surface area contributed by atoms with Gasteiger partial charge in [0.05, 0.1) is 11.3 Å². The molecule has 1 aromatic carbocycles. The average molecular weight is 314 g/mol. The molecule has 0 bridgehead atoms. The van der Waals surface area contributed by atoms with E-state index in [4.69, 9.17) is 5.73 Å². The van der Waals surface area contributed by atoms with Gasteiger partial charge in [-0.2, -0.15) is 13.2 Å². The van der Waals surface area contributed by atoms with Gasteiger partial charge in [-0.15, -0.1) is 11.3 Å². The third-order valence-corrected chi connectivity index (χ3v) is 4.84. The normalized spacial score (nSPS) is 15.4. The maximum Gasteiger partial charge on any atom is 0.416 e. The molecule has 0 atom stereocenters. The van der Waals surface area contributed by atoms with Gasteiger partial charge in [0.25, 0.3) is 5.91 Å². The molecule has 1 fully saturated rings. The molecule has 112 valence electrons. The Labute approximate surface area is 123 Å². The molecule has 0 unspecified atom stereocenters. The quantitative estimate of drug-likeness (QED) is 0.918. The first-order valence-electron chi connectivity index (χ1n) is 6.45. The number of hydrogen-bond donors (Lipinski definition) is 1. The van der Waals surface area contributed by atoms with Crippen molar-refractivity contribution in [2.75, 3.05) is 12.8 Å². The summed E-state index contributed by atoms with van der Waals surface area (Å²) in [5, 5.41) is 0.294. The Morgan fingerprint density at radius 2 is 2.05 bits per heavy atom. The smallest absolute Gasteiger partial charge is 0.397 e. The van der Waals surface area contributed by atoms with Crippen molar-refractivity contribution >= 4 is 33.0 Å². The van der Waals surface area contributed by atoms with Crippen LogP contribution in [-0.4, -0.2) is 23.9 Å². The molecule has 3 nitrogen and oxygen atoms in total. The van der Waals surface area contributed by atoms with Gasteiger partial charge in [0.1, 0.15) is 4.88 Å². The van der Waals surface area contributed by atoms with E-state index < -0.39 is 11.7 Å². The molecule has 21 heavy (non-hydrogen) atoms. The summed E-state index contributed by atoms with van der Waals surface area (Å²) >= 11 is 1.14. The fourth-order valence-corrected chi connectivity index (χ4v) is 3.33. The number of thiophene rings is 1. The van der Waals surface area contributed by atoms with E-state index in [-0.39, 0.29) is 17.6 Å². The number of amides is 1. The highest BCUT2D eigenvalue weighted by molar-refractivity contribution is 7.21. The highest BCUT2D eigenvalue weighted by Gasteiger charge is 2.33. The molecule has 1 amide bonds. The largest absolute Gasteiger partial charge is 0.416 e. The summed E-state index contributed by atoms with van der Waals surface area (Å²) in [5.74, 6) is -0.218. The topological polar surface area (TPSA) is 46.3 Å². The maximum absolute atomic E-state index is 12.7. The van der Waals surface area contributed by atoms with Crippen LogP contribution < -0.4 is 5.73 Å². The van der Waals surface area contributed by atoms with E-state index in [0.29, 0.717) is 15.0 Å². The van der Waals surface area contributed by atoms with Gasteiger partial charge in [-0.25, -0.2) is 0 Å². The van der Waals surface area contributed by atoms with E-state index in [1.165, 1.54) is 6.07 Å². The van der Waals surface area contributed by atoms with Crippen molar-refractivity contribution in [3.8, 4) is 0 Å². The summed E-state index contributed by atoms with van der Waals surface area (Å²) in [6, 6.07) is 3.62. The number of hydrogen-bond acceptors (Lipinski definition) is 3. The maximum atomic E-state index is 12.7. The number of alkyl halides is 3. The Hall–Kier alpha value is -1.76. The van der Waals surface area contributed by atoms with Gasteiger partial charge < -0.3 is 10.6 Å². The fourth-order valence-electron chi connectivity index (χ4n) is 2.24. The molecule has 1 saturated carbocycles. The van der Waals surface area contributed by atoms with E-state index in [1.54, 1.807) is 11.9 Å². The predicted molar refractivity (Wildman–Crippen MR) is 76.4 cm³/mol. The number of benzene rings is 1. The van der Waals surface area contributed by atoms with Crippen molar-refractivity contribution in [1.29, 1.82) is 0 Å². The van der Waals surface area contributed by atoms with E-state index in [2.05, 4.69) is 0 Å². The molecular weight excluding hydrogens is 301 g/mol. The third-order valence-electron chi connectivity index (χ3n) is 3.66. The lowest BCUT2D eigenvalue weighted by atomic mass is 10.1. The van der Waals surface area contributed by atoms with Crippen LogP contribution in [0.2, 0.25) is 0 Å². The second kappa shape index (κ2) is 4.62. The molecule has 1 aliphatic rings. The number of fused-ring (bicyclic) bond motifs is 1. The summed E-state index contributed by atoms with van der Waals surface area (Å²) in [6.45, 7) is 0. The number of nitrogen functional groups attached to an aromatic ring is 1. The molecule has 0 spiro atoms. The van der Waals surface area contributed by atoms with Gasteiger partial charge in [-0.1, -0.05) is 0 Å². The second-order valence-electron chi connectivity index (χ2n) is 5.20. The third kappa shape index (κ3) is 2.46. The highest BCUT2D eigenvalue weighted by atomic mass is 32.1. The summed E-state index contributed by atoms with van der Waals surface area (Å²) in [4.78, 5) is 14.3. The van der Waals surface area contributed by atoms with Crippen LogP contribution in [0.25, 0.3) is 10.1 Å². The summed E-state index contributed by atoms with van der Waals surface area (Å²) in [6.07, 6.45) is -2.49. The lowest BCUT2D eigenvalue weighted by Crippen LogP contribution is -2.28. The molecule has 0 radical (unpaired) electrons. The minimum atomic E-state index is -4.42. The number of carbonyl (C=O) groups excluding carboxylic acids is 1. The first-order valence-corrected chi connectivity index (χ1v) is 7.27. The van der Waals surface area contributed by atoms with E-state index in [9.17, 15) is 18.0 Å². The minimum absolute atomic E-state index is 0.138. The Kier molecular flexibility index (Phi) is 3.12. The number of nitrogens with zero attached hydrogens (tertiary/aromatic N) is 1. The Morgan fingerprint density at radius 3 is 2.62 bits per heavy atom. The molecule has 0 saturated heterocycles. The van der Waals surface area contributed by atoms with Crippen molar-refractivity contribution in [3.05, 3.63) is 28.6 Å². The van der Waals surface area contributed by atoms with Crippen LogP contribution in [0.15, 0.2) is 18.2 Å². The molecule has 3 rings (SSSR count). The average Bonchev–Trinajstić information content (AvgIpc) is 3.21. The molecule has 2 N–H and O–H groups in total. The highest BCUT2D eigenvalue weighted by Crippen LogP contribution is 2.39. The standard InChI is InChI=1S/C14H13F3N2OS/c1-19(8-3-4-8)13(20)12-11(18)9-6-7(14(15,16)17)2-5-10(9)21-12/h2,5-6,8H,3-4,18H2,1H3. The number of nitrogens with two attached hydrogens (primary N) is 1. The van der Waals surface area contributed by atoms with E-state index >= 15 is 0 Å². The van der Waals surface area contributed by atoms with E-state index in [1.807, 2.05) is 0 Å². The summed E-state index contributed by atoms with van der Waals surface area (Å²) in [7, 11) is 1.70. The first kappa shape index (κ1) is 14.2. The summed E-state index contributed by atoms with van der Waals surface area (Å²) < 4.78 is 38.8. The number of carbonyl (C=O) groups is 1. The number of anilines is 1. The van der Waals surface area contributed by atoms with Gasteiger partial charge in [0.2, 0.25) is 0 Å². The molecule has 2 aromatic rings. The van der Waals surface area contributed by atoms with Crippen LogP contribution in [0.4, 0.5) is 18.9 Å². The van der Waals surface area contributed by atoms with Crippen LogP contribution in [0.5, 0.6) is 0 Å². The van der Waals surface area contributed by atoms with Crippen LogP contribution in [0.3, 0.4) is 0 Å². The van der Waals surface area contributed by atoms with Gasteiger partial charge in [0, 0.05) is 23.2 Å². The molecule has 1 aliphatic carbocycles. The zero-order valence-corrected chi connectivity index (χ0v) is 12.0. The van der Waals surface area contributed by atoms with Crippen molar-refractivity contribution < 1.29 is 18.0 Å². The molecular formula is C14H13F3N2OS. The number of halogens is 3. The van der Waals surface area contributed by atoms with E-state index in [0.717, 1.165) is 36.3 Å². The Bertz CT molecular complexity index is 719. The molecule has 0 aliphatic heterocycles. The first-order chi connectivity index (χ1) is 9.79. The van der Waals surface area contributed by atoms with Crippen LogP contribution in [0.1, 0.15) is 28.1 Å². The monoisotopic (exact) mass is 314 g/mol. The fraction of sp³-hybridized carbons (Fsp3) is 0.357. The predicted octanol–water partition coefficient (Wildman–Crippen LogP) is 3.74. The van der Waals surface area contributed by atoms with Crippen LogP contribution >= 0.6 is 11.3 Å². The van der Waals surface area contributed by atoms with Crippen molar-refractivity contribution in [1.82, 2.24) is 4.90 Å². The minimum Gasteiger partial charge on any atom is -0.397 e. The molecule has 7 heteroatoms. The molecule has 1 aromatic heterocycles. The van der Waals surface area contributed by atoms with Gasteiger partial charge in [-0.3, -0.25) is 4.79 Å². The second-order valence-corrected chi connectivity index (χ2v) is 6.25. The zero-order valence-electron chi connectivity index (χ0n) is 11.2. The Morgan fingerprint density at radius 1 is 1.38 bits per heavy atom. The molecule has 1 heterocycles. The lowest BCUT2D eigenvalue weighted by molar-refractivity contribution is -0.137. The SMILES string of the molecule is CN(C(=O)c1sc2ccc(C(F)(F)F)cc2c1N)C1CC1. The van der Waals surface area contributed by atoms with Crippen LogP contribution in [0, 0.1) is 0 Å². The Balaban J connectivity index is 2.05. The van der Waals surface area contributed by atoms with Gasteiger partial charge >= 0.3 is 6.18 Å². The number of rotatable bonds is 2. The van der Waals surface area contributed by atoms with Crippen molar-refractivity contribution in [3.63, 3.8) is 0 Å². The van der Waals surface area contributed by atoms with Crippen molar-refractivity contribution in [2.24, 2.45) is 0 Å². The zero-order chi connectivity index (χ0) is 15.4.